The normalized spacial score (nSPS) is 16.8. The van der Waals surface area contributed by atoms with Crippen LogP contribution in [0.5, 0.6) is 0 Å². The van der Waals surface area contributed by atoms with Gasteiger partial charge in [0.1, 0.15) is 0 Å². The first-order valence-electron chi connectivity index (χ1n) is 7.28. The second-order valence-corrected chi connectivity index (χ2v) is 5.41. The van der Waals surface area contributed by atoms with E-state index in [1.807, 2.05) is 13.8 Å². The van der Waals surface area contributed by atoms with Crippen LogP contribution < -0.4 is 5.32 Å². The van der Waals surface area contributed by atoms with Crippen LogP contribution in [-0.4, -0.2) is 54.9 Å². The average Bonchev–Trinajstić information content (AvgIpc) is 2.48. The van der Waals surface area contributed by atoms with Gasteiger partial charge in [0.25, 0.3) is 0 Å². The predicted molar refractivity (Wildman–Crippen MR) is 75.7 cm³/mol. The second kappa shape index (κ2) is 7.47. The van der Waals surface area contributed by atoms with E-state index in [4.69, 9.17) is 4.74 Å². The van der Waals surface area contributed by atoms with Crippen molar-refractivity contribution in [3.8, 4) is 0 Å². The third-order valence-corrected chi connectivity index (χ3v) is 4.44. The molecule has 0 saturated carbocycles. The van der Waals surface area contributed by atoms with Gasteiger partial charge in [0.05, 0.1) is 5.41 Å². The number of hydrogen-bond acceptors (Lipinski definition) is 3. The summed E-state index contributed by atoms with van der Waals surface area (Å²) in [4.78, 5) is 25.2. The molecule has 0 aromatic carbocycles. The summed E-state index contributed by atoms with van der Waals surface area (Å²) in [6, 6.07) is -0.0318. The molecular weight excluding hydrogens is 260 g/mol. The first-order valence-corrected chi connectivity index (χ1v) is 7.28. The number of nitrogens with one attached hydrogen (secondary N) is 1. The van der Waals surface area contributed by atoms with E-state index in [1.165, 1.54) is 0 Å². The minimum absolute atomic E-state index is 0.168. The molecule has 1 saturated heterocycles. The Hall–Kier alpha value is -1.30. The Balaban J connectivity index is 2.54. The molecule has 20 heavy (non-hydrogen) atoms. The summed E-state index contributed by atoms with van der Waals surface area (Å²) in [5, 5.41) is 12.1. The van der Waals surface area contributed by atoms with Gasteiger partial charge in [0, 0.05) is 32.8 Å². The van der Waals surface area contributed by atoms with Crippen molar-refractivity contribution in [1.29, 1.82) is 0 Å². The number of ether oxygens (including phenoxy) is 1. The van der Waals surface area contributed by atoms with Gasteiger partial charge in [-0.1, -0.05) is 13.8 Å². The molecule has 116 valence electrons. The van der Waals surface area contributed by atoms with Gasteiger partial charge < -0.3 is 20.1 Å². The first-order chi connectivity index (χ1) is 9.46. The highest BCUT2D eigenvalue weighted by atomic mass is 16.5. The zero-order valence-corrected chi connectivity index (χ0v) is 12.6. The number of carboxylic acids is 1. The van der Waals surface area contributed by atoms with Gasteiger partial charge in [-0.15, -0.1) is 0 Å². The zero-order chi connectivity index (χ0) is 15.2. The molecule has 0 radical (unpaired) electrons. The summed E-state index contributed by atoms with van der Waals surface area (Å²) in [6.07, 6.45) is 2.66. The Labute approximate surface area is 120 Å². The number of urea groups is 1. The van der Waals surface area contributed by atoms with Crippen LogP contribution in [0.25, 0.3) is 0 Å². The predicted octanol–water partition coefficient (Wildman–Crippen LogP) is 1.70. The van der Waals surface area contributed by atoms with Gasteiger partial charge in [0.2, 0.25) is 0 Å². The largest absolute Gasteiger partial charge is 0.481 e. The number of carbonyl (C=O) groups excluding carboxylic acids is 1. The van der Waals surface area contributed by atoms with Gasteiger partial charge in [-0.2, -0.15) is 0 Å². The van der Waals surface area contributed by atoms with Crippen molar-refractivity contribution in [1.82, 2.24) is 10.2 Å². The number of rotatable bonds is 6. The molecule has 6 nitrogen and oxygen atoms in total. The number of nitrogens with zero attached hydrogens (tertiary/aromatic N) is 1. The van der Waals surface area contributed by atoms with Crippen LogP contribution in [0, 0.1) is 5.41 Å². The van der Waals surface area contributed by atoms with Crippen molar-refractivity contribution < 1.29 is 19.4 Å². The van der Waals surface area contributed by atoms with Crippen LogP contribution in [-0.2, 0) is 9.53 Å². The van der Waals surface area contributed by atoms with Crippen molar-refractivity contribution in [2.75, 3.05) is 26.8 Å². The molecule has 0 aliphatic carbocycles. The average molecular weight is 286 g/mol. The van der Waals surface area contributed by atoms with Crippen molar-refractivity contribution in [3.63, 3.8) is 0 Å². The maximum atomic E-state index is 12.1. The summed E-state index contributed by atoms with van der Waals surface area (Å²) >= 11 is 0. The van der Waals surface area contributed by atoms with Crippen molar-refractivity contribution >= 4 is 12.0 Å². The molecule has 0 unspecified atom stereocenters. The minimum atomic E-state index is -0.869. The Kier molecular flexibility index (Phi) is 6.26. The maximum absolute atomic E-state index is 12.1. The van der Waals surface area contributed by atoms with Crippen LogP contribution >= 0.6 is 0 Å². The fourth-order valence-electron chi connectivity index (χ4n) is 2.49. The van der Waals surface area contributed by atoms with Gasteiger partial charge in [-0.3, -0.25) is 4.79 Å². The van der Waals surface area contributed by atoms with E-state index in [1.54, 1.807) is 11.9 Å². The number of carbonyl (C=O) groups is 2. The number of amides is 2. The van der Waals surface area contributed by atoms with E-state index in [-0.39, 0.29) is 18.6 Å². The van der Waals surface area contributed by atoms with E-state index in [0.29, 0.717) is 26.1 Å². The second-order valence-electron chi connectivity index (χ2n) is 5.41. The van der Waals surface area contributed by atoms with E-state index in [9.17, 15) is 14.7 Å². The van der Waals surface area contributed by atoms with E-state index < -0.39 is 11.4 Å². The lowest BCUT2D eigenvalue weighted by molar-refractivity contribution is -0.149. The quantitative estimate of drug-likeness (QED) is 0.779. The van der Waals surface area contributed by atoms with Gasteiger partial charge in [0.15, 0.2) is 0 Å². The summed E-state index contributed by atoms with van der Waals surface area (Å²) in [5.74, 6) is -0.850. The molecule has 0 spiro atoms. The van der Waals surface area contributed by atoms with Crippen LogP contribution in [0.4, 0.5) is 4.79 Å². The molecule has 2 amide bonds. The molecule has 1 heterocycles. The Morgan fingerprint density at radius 1 is 1.30 bits per heavy atom. The third kappa shape index (κ3) is 3.85. The Morgan fingerprint density at radius 3 is 2.30 bits per heavy atom. The monoisotopic (exact) mass is 286 g/mol. The maximum Gasteiger partial charge on any atom is 0.317 e. The molecule has 2 N–H and O–H groups in total. The van der Waals surface area contributed by atoms with Gasteiger partial charge in [-0.05, 0) is 25.7 Å². The lowest BCUT2D eigenvalue weighted by atomic mass is 9.82. The smallest absolute Gasteiger partial charge is 0.317 e. The zero-order valence-electron chi connectivity index (χ0n) is 12.6. The van der Waals surface area contributed by atoms with Gasteiger partial charge >= 0.3 is 12.0 Å². The van der Waals surface area contributed by atoms with Crippen molar-refractivity contribution in [2.24, 2.45) is 5.41 Å². The summed E-state index contributed by atoms with van der Waals surface area (Å²) in [7, 11) is 1.76. The topological polar surface area (TPSA) is 78.9 Å². The van der Waals surface area contributed by atoms with E-state index >= 15 is 0 Å². The summed E-state index contributed by atoms with van der Waals surface area (Å²) in [5.41, 5.74) is -0.869. The first kappa shape index (κ1) is 16.8. The molecule has 0 aromatic heterocycles. The van der Waals surface area contributed by atoms with E-state index in [2.05, 4.69) is 5.32 Å². The standard InChI is InChI=1S/C14H26N2O4/c1-4-14(5-2,12(17)18)10-15-13(19)16(3)11-6-8-20-9-7-11/h11H,4-10H2,1-3H3,(H,15,19)(H,17,18). The molecule has 1 aliphatic rings. The van der Waals surface area contributed by atoms with Crippen molar-refractivity contribution in [2.45, 2.75) is 45.6 Å². The highest BCUT2D eigenvalue weighted by Gasteiger charge is 2.35. The fraction of sp³-hybridized carbons (Fsp3) is 0.857. The lowest BCUT2D eigenvalue weighted by Gasteiger charge is -2.33. The molecule has 0 bridgehead atoms. The highest BCUT2D eigenvalue weighted by Crippen LogP contribution is 2.25. The number of aliphatic carboxylic acids is 1. The fourth-order valence-corrected chi connectivity index (χ4v) is 2.49. The lowest BCUT2D eigenvalue weighted by Crippen LogP contribution is -2.50. The molecule has 6 heteroatoms. The molecule has 0 aromatic rings. The molecule has 1 fully saturated rings. The minimum Gasteiger partial charge on any atom is -0.481 e. The Bertz CT molecular complexity index is 336. The molecule has 0 atom stereocenters. The van der Waals surface area contributed by atoms with Crippen molar-refractivity contribution in [3.05, 3.63) is 0 Å². The molecule has 1 rings (SSSR count). The van der Waals surface area contributed by atoms with Crippen LogP contribution in [0.3, 0.4) is 0 Å². The Morgan fingerprint density at radius 2 is 1.85 bits per heavy atom. The SMILES string of the molecule is CCC(CC)(CNC(=O)N(C)C1CCOCC1)C(=O)O. The van der Waals surface area contributed by atoms with E-state index in [0.717, 1.165) is 12.8 Å². The molecular formula is C14H26N2O4. The van der Waals surface area contributed by atoms with Gasteiger partial charge in [-0.25, -0.2) is 4.79 Å². The number of carboxylic acid groups (broad SMARTS) is 1. The third-order valence-electron chi connectivity index (χ3n) is 4.44. The van der Waals surface area contributed by atoms with Crippen LogP contribution in [0.15, 0.2) is 0 Å². The summed E-state index contributed by atoms with van der Waals surface area (Å²) in [6.45, 7) is 5.19. The van der Waals surface area contributed by atoms with Crippen LogP contribution in [0.1, 0.15) is 39.5 Å². The molecule has 1 aliphatic heterocycles. The summed E-state index contributed by atoms with van der Waals surface area (Å²) < 4.78 is 5.27. The highest BCUT2D eigenvalue weighted by molar-refractivity contribution is 5.78. The number of hydrogen-bond donors (Lipinski definition) is 2. The van der Waals surface area contributed by atoms with Crippen LogP contribution in [0.2, 0.25) is 0 Å².